The zero-order valence-electron chi connectivity index (χ0n) is 11.0. The van der Waals surface area contributed by atoms with E-state index in [1.807, 2.05) is 31.2 Å². The molecule has 0 bridgehead atoms. The first-order valence-corrected chi connectivity index (χ1v) is 6.13. The Bertz CT molecular complexity index is 556. The van der Waals surface area contributed by atoms with Gasteiger partial charge in [-0.15, -0.1) is 0 Å². The van der Waals surface area contributed by atoms with Crippen molar-refractivity contribution >= 4 is 17.4 Å². The Morgan fingerprint density at radius 3 is 2.63 bits per heavy atom. The van der Waals surface area contributed by atoms with Gasteiger partial charge in [-0.25, -0.2) is 4.98 Å². The average Bonchev–Trinajstić information content (AvgIpc) is 2.49. The van der Waals surface area contributed by atoms with E-state index in [1.54, 1.807) is 30.4 Å². The Morgan fingerprint density at radius 2 is 2.00 bits per heavy atom. The quantitative estimate of drug-likeness (QED) is 0.911. The molecule has 0 aliphatic heterocycles. The third-order valence-corrected chi connectivity index (χ3v) is 2.76. The van der Waals surface area contributed by atoms with Gasteiger partial charge in [0.05, 0.1) is 0 Å². The van der Waals surface area contributed by atoms with E-state index in [4.69, 9.17) is 0 Å². The summed E-state index contributed by atoms with van der Waals surface area (Å²) < 4.78 is 0. The summed E-state index contributed by atoms with van der Waals surface area (Å²) in [5.41, 5.74) is 1.24. The van der Waals surface area contributed by atoms with Gasteiger partial charge >= 0.3 is 0 Å². The van der Waals surface area contributed by atoms with Crippen molar-refractivity contribution in [1.29, 1.82) is 0 Å². The van der Waals surface area contributed by atoms with E-state index >= 15 is 0 Å². The highest BCUT2D eigenvalue weighted by molar-refractivity contribution is 6.04. The van der Waals surface area contributed by atoms with Crippen LogP contribution in [0.25, 0.3) is 0 Å². The maximum Gasteiger partial charge on any atom is 0.276 e. The van der Waals surface area contributed by atoms with E-state index < -0.39 is 0 Å². The number of hydrogen-bond acceptors (Lipinski definition) is 4. The number of pyridine rings is 2. The molecule has 0 fully saturated rings. The van der Waals surface area contributed by atoms with Crippen LogP contribution in [0.1, 0.15) is 17.4 Å². The van der Waals surface area contributed by atoms with E-state index in [2.05, 4.69) is 15.3 Å². The van der Waals surface area contributed by atoms with Gasteiger partial charge in [-0.1, -0.05) is 6.07 Å². The molecule has 5 nitrogen and oxygen atoms in total. The summed E-state index contributed by atoms with van der Waals surface area (Å²) in [6, 6.07) is 8.96. The smallest absolute Gasteiger partial charge is 0.276 e. The first kappa shape index (κ1) is 13.0. The van der Waals surface area contributed by atoms with Crippen molar-refractivity contribution in [3.05, 3.63) is 48.4 Å². The topological polar surface area (TPSA) is 58.1 Å². The van der Waals surface area contributed by atoms with Crippen LogP contribution in [-0.4, -0.2) is 29.5 Å². The number of amides is 1. The number of nitrogens with zero attached hydrogens (tertiary/aromatic N) is 3. The lowest BCUT2D eigenvalue weighted by atomic mass is 10.2. The summed E-state index contributed by atoms with van der Waals surface area (Å²) in [5, 5.41) is 2.93. The monoisotopic (exact) mass is 256 g/mol. The van der Waals surface area contributed by atoms with Crippen LogP contribution in [0, 0.1) is 0 Å². The van der Waals surface area contributed by atoms with Crippen LogP contribution >= 0.6 is 0 Å². The van der Waals surface area contributed by atoms with Gasteiger partial charge in [0.15, 0.2) is 0 Å². The molecule has 1 amide bonds. The molecule has 2 aromatic heterocycles. The molecule has 0 unspecified atom stereocenters. The van der Waals surface area contributed by atoms with Crippen LogP contribution in [-0.2, 0) is 0 Å². The predicted molar refractivity (Wildman–Crippen MR) is 75.4 cm³/mol. The second kappa shape index (κ2) is 5.95. The molecule has 2 heterocycles. The van der Waals surface area contributed by atoms with E-state index in [0.717, 1.165) is 5.69 Å². The molecule has 0 radical (unpaired) electrons. The third-order valence-electron chi connectivity index (χ3n) is 2.76. The fraction of sp³-hybridized carbons (Fsp3) is 0.214. The van der Waals surface area contributed by atoms with Crippen molar-refractivity contribution in [2.24, 2.45) is 0 Å². The number of carbonyl (C=O) groups excluding carboxylic acids is 1. The van der Waals surface area contributed by atoms with Crippen molar-refractivity contribution < 1.29 is 4.79 Å². The van der Waals surface area contributed by atoms with Gasteiger partial charge in [0.25, 0.3) is 5.91 Å². The summed E-state index contributed by atoms with van der Waals surface area (Å²) in [6.07, 6.45) is 3.34. The van der Waals surface area contributed by atoms with Gasteiger partial charge in [-0.2, -0.15) is 0 Å². The second-order valence-electron chi connectivity index (χ2n) is 3.91. The Labute approximate surface area is 112 Å². The molecule has 19 heavy (non-hydrogen) atoms. The Morgan fingerprint density at radius 1 is 1.26 bits per heavy atom. The molecular weight excluding hydrogens is 240 g/mol. The van der Waals surface area contributed by atoms with Crippen molar-refractivity contribution in [2.75, 3.05) is 23.8 Å². The Balaban J connectivity index is 2.30. The highest BCUT2D eigenvalue weighted by atomic mass is 16.2. The lowest BCUT2D eigenvalue weighted by Crippen LogP contribution is -2.31. The third kappa shape index (κ3) is 2.88. The average molecular weight is 256 g/mol. The summed E-state index contributed by atoms with van der Waals surface area (Å²) in [6.45, 7) is 2.51. The van der Waals surface area contributed by atoms with Gasteiger partial charge in [0, 0.05) is 31.7 Å². The molecule has 2 rings (SSSR count). The maximum absolute atomic E-state index is 12.5. The van der Waals surface area contributed by atoms with Crippen LogP contribution < -0.4 is 10.2 Å². The van der Waals surface area contributed by atoms with Crippen LogP contribution in [0.3, 0.4) is 0 Å². The minimum atomic E-state index is -0.120. The normalized spacial score (nSPS) is 10.0. The van der Waals surface area contributed by atoms with Gasteiger partial charge in [0.2, 0.25) is 0 Å². The first-order valence-electron chi connectivity index (χ1n) is 6.13. The summed E-state index contributed by atoms with van der Waals surface area (Å²) in [7, 11) is 1.77. The fourth-order valence-electron chi connectivity index (χ4n) is 1.80. The molecule has 98 valence electrons. The number of hydrogen-bond donors (Lipinski definition) is 1. The second-order valence-corrected chi connectivity index (χ2v) is 3.91. The molecule has 0 aliphatic rings. The van der Waals surface area contributed by atoms with E-state index in [-0.39, 0.29) is 5.91 Å². The summed E-state index contributed by atoms with van der Waals surface area (Å²) >= 11 is 0. The zero-order valence-corrected chi connectivity index (χ0v) is 11.0. The molecule has 1 N–H and O–H groups in total. The number of anilines is 2. The van der Waals surface area contributed by atoms with Gasteiger partial charge in [0.1, 0.15) is 11.5 Å². The molecule has 0 saturated carbocycles. The number of carbonyl (C=O) groups is 1. The molecule has 0 saturated heterocycles. The highest BCUT2D eigenvalue weighted by Crippen LogP contribution is 2.15. The van der Waals surface area contributed by atoms with Gasteiger partial charge in [-0.3, -0.25) is 9.78 Å². The SMILES string of the molecule is CCN(C(=O)c1cccc(NC)n1)c1ccncc1. The highest BCUT2D eigenvalue weighted by Gasteiger charge is 2.17. The summed E-state index contributed by atoms with van der Waals surface area (Å²) in [4.78, 5) is 22.4. The van der Waals surface area contributed by atoms with Gasteiger partial charge < -0.3 is 10.2 Å². The lowest BCUT2D eigenvalue weighted by Gasteiger charge is -2.20. The molecule has 0 aliphatic carbocycles. The van der Waals surface area contributed by atoms with E-state index in [0.29, 0.717) is 18.1 Å². The first-order chi connectivity index (χ1) is 9.26. The van der Waals surface area contributed by atoms with E-state index in [1.165, 1.54) is 0 Å². The summed E-state index contributed by atoms with van der Waals surface area (Å²) in [5.74, 6) is 0.558. The van der Waals surface area contributed by atoms with Crippen molar-refractivity contribution in [2.45, 2.75) is 6.92 Å². The van der Waals surface area contributed by atoms with Crippen molar-refractivity contribution in [3.8, 4) is 0 Å². The van der Waals surface area contributed by atoms with E-state index in [9.17, 15) is 4.79 Å². The number of aromatic nitrogens is 2. The fourth-order valence-corrected chi connectivity index (χ4v) is 1.80. The van der Waals surface area contributed by atoms with Crippen LogP contribution in [0.4, 0.5) is 11.5 Å². The van der Waals surface area contributed by atoms with Crippen LogP contribution in [0.2, 0.25) is 0 Å². The van der Waals surface area contributed by atoms with Crippen molar-refractivity contribution in [3.63, 3.8) is 0 Å². The van der Waals surface area contributed by atoms with Crippen LogP contribution in [0.15, 0.2) is 42.7 Å². The predicted octanol–water partition coefficient (Wildman–Crippen LogP) is 2.18. The Hall–Kier alpha value is -2.43. The number of rotatable bonds is 4. The van der Waals surface area contributed by atoms with Crippen LogP contribution in [0.5, 0.6) is 0 Å². The maximum atomic E-state index is 12.5. The largest absolute Gasteiger partial charge is 0.373 e. The molecule has 2 aromatic rings. The minimum absolute atomic E-state index is 0.120. The number of nitrogens with one attached hydrogen (secondary N) is 1. The Kier molecular flexibility index (Phi) is 4.07. The standard InChI is InChI=1S/C14H16N4O/c1-3-18(11-7-9-16-10-8-11)14(19)12-5-4-6-13(15-2)17-12/h4-10H,3H2,1-2H3,(H,15,17). The van der Waals surface area contributed by atoms with Gasteiger partial charge in [-0.05, 0) is 31.2 Å². The zero-order chi connectivity index (χ0) is 13.7. The lowest BCUT2D eigenvalue weighted by molar-refractivity contribution is 0.0983. The van der Waals surface area contributed by atoms with Crippen molar-refractivity contribution in [1.82, 2.24) is 9.97 Å². The molecule has 0 aromatic carbocycles. The molecular formula is C14H16N4O. The molecule has 0 spiro atoms. The minimum Gasteiger partial charge on any atom is -0.373 e. The molecule has 5 heteroatoms. The molecule has 0 atom stereocenters.